The van der Waals surface area contributed by atoms with Crippen LogP contribution in [-0.4, -0.2) is 45.5 Å². The second kappa shape index (κ2) is 6.27. The van der Waals surface area contributed by atoms with Gasteiger partial charge in [-0.15, -0.1) is 0 Å². The molecule has 0 spiro atoms. The summed E-state index contributed by atoms with van der Waals surface area (Å²) in [4.78, 5) is 21.9. The van der Waals surface area contributed by atoms with Gasteiger partial charge in [0.05, 0.1) is 0 Å². The number of nitrogens with one attached hydrogen (secondary N) is 1. The van der Waals surface area contributed by atoms with Gasteiger partial charge in [0, 0.05) is 28.9 Å². The molecule has 0 radical (unpaired) electrons. The van der Waals surface area contributed by atoms with E-state index in [2.05, 4.69) is 5.32 Å². The van der Waals surface area contributed by atoms with Crippen LogP contribution in [0.4, 0.5) is 0 Å². The van der Waals surface area contributed by atoms with Crippen molar-refractivity contribution in [2.45, 2.75) is 24.6 Å². The summed E-state index contributed by atoms with van der Waals surface area (Å²) < 4.78 is 0. The third-order valence-electron chi connectivity index (χ3n) is 2.05. The summed E-state index contributed by atoms with van der Waals surface area (Å²) in [6.45, 7) is 1.48. The summed E-state index contributed by atoms with van der Waals surface area (Å²) in [6, 6.07) is -0.793. The molecular weight excluding hydrogens is 234 g/mol. The summed E-state index contributed by atoms with van der Waals surface area (Å²) >= 11 is 3.65. The maximum atomic E-state index is 11.4. The number of aliphatic carboxylic acids is 1. The number of carbonyl (C=O) groups is 2. The van der Waals surface area contributed by atoms with E-state index in [9.17, 15) is 9.59 Å². The first kappa shape index (κ1) is 12.7. The highest BCUT2D eigenvalue weighted by molar-refractivity contribution is 8.06. The summed E-state index contributed by atoms with van der Waals surface area (Å²) in [7, 11) is 0. The molecule has 1 fully saturated rings. The highest BCUT2D eigenvalue weighted by atomic mass is 32.2. The monoisotopic (exact) mass is 249 g/mol. The topological polar surface area (TPSA) is 66.4 Å². The largest absolute Gasteiger partial charge is 0.480 e. The van der Waals surface area contributed by atoms with Crippen molar-refractivity contribution in [1.82, 2.24) is 5.32 Å². The van der Waals surface area contributed by atoms with Crippen LogP contribution in [0.15, 0.2) is 0 Å². The first-order chi connectivity index (χ1) is 7.09. The molecule has 86 valence electrons. The minimum absolute atomic E-state index is 0.162. The second-order valence-electron chi connectivity index (χ2n) is 3.40. The van der Waals surface area contributed by atoms with E-state index < -0.39 is 12.0 Å². The lowest BCUT2D eigenvalue weighted by Gasteiger charge is -2.20. The zero-order chi connectivity index (χ0) is 11.3. The molecule has 0 aromatic carbocycles. The Hall–Kier alpha value is -0.360. The Morgan fingerprint density at radius 1 is 1.53 bits per heavy atom. The van der Waals surface area contributed by atoms with Crippen LogP contribution in [0.5, 0.6) is 0 Å². The summed E-state index contributed by atoms with van der Waals surface area (Å²) in [6.07, 6.45) is 0.426. The van der Waals surface area contributed by atoms with Crippen molar-refractivity contribution in [2.24, 2.45) is 0 Å². The SMILES string of the molecule is C[C@H](NC(=O)CC1CSCCS1)C(=O)O. The molecule has 1 saturated heterocycles. The average Bonchev–Trinajstić information content (AvgIpc) is 2.18. The standard InChI is InChI=1S/C9H15NO3S2/c1-6(9(12)13)10-8(11)4-7-5-14-2-3-15-7/h6-7H,2-5H2,1H3,(H,10,11)(H,12,13)/t6-,7?/m0/s1. The van der Waals surface area contributed by atoms with E-state index in [0.717, 1.165) is 17.3 Å². The van der Waals surface area contributed by atoms with Gasteiger partial charge in [0.2, 0.25) is 5.91 Å². The van der Waals surface area contributed by atoms with Gasteiger partial charge >= 0.3 is 5.97 Å². The Balaban J connectivity index is 2.25. The molecular formula is C9H15NO3S2. The number of rotatable bonds is 4. The molecule has 0 saturated carbocycles. The molecule has 6 heteroatoms. The van der Waals surface area contributed by atoms with Crippen molar-refractivity contribution in [3.05, 3.63) is 0 Å². The highest BCUT2D eigenvalue weighted by Crippen LogP contribution is 2.26. The maximum Gasteiger partial charge on any atom is 0.325 e. The molecule has 1 amide bonds. The number of carboxylic acid groups (broad SMARTS) is 1. The smallest absolute Gasteiger partial charge is 0.325 e. The zero-order valence-corrected chi connectivity index (χ0v) is 10.2. The first-order valence-electron chi connectivity index (χ1n) is 4.81. The molecule has 0 aliphatic carbocycles. The van der Waals surface area contributed by atoms with Gasteiger partial charge in [0.15, 0.2) is 0 Å². The van der Waals surface area contributed by atoms with Crippen molar-refractivity contribution >= 4 is 35.4 Å². The van der Waals surface area contributed by atoms with Gasteiger partial charge in [0.1, 0.15) is 6.04 Å². The predicted molar refractivity (Wildman–Crippen MR) is 63.4 cm³/mol. The lowest BCUT2D eigenvalue weighted by molar-refractivity contribution is -0.141. The summed E-state index contributed by atoms with van der Waals surface area (Å²) in [5.74, 6) is 2.06. The Bertz CT molecular complexity index is 242. The summed E-state index contributed by atoms with van der Waals surface area (Å²) in [5.41, 5.74) is 0. The molecule has 1 aliphatic heterocycles. The van der Waals surface area contributed by atoms with Crippen LogP contribution in [0.25, 0.3) is 0 Å². The highest BCUT2D eigenvalue weighted by Gasteiger charge is 2.20. The molecule has 0 aromatic heterocycles. The van der Waals surface area contributed by atoms with Gasteiger partial charge in [-0.1, -0.05) is 0 Å². The Morgan fingerprint density at radius 2 is 2.27 bits per heavy atom. The molecule has 1 unspecified atom stereocenters. The quantitative estimate of drug-likeness (QED) is 0.772. The van der Waals surface area contributed by atoms with Crippen LogP contribution in [0.2, 0.25) is 0 Å². The van der Waals surface area contributed by atoms with Crippen LogP contribution in [0, 0.1) is 0 Å². The molecule has 0 aromatic rings. The molecule has 4 nitrogen and oxygen atoms in total. The van der Waals surface area contributed by atoms with Crippen LogP contribution >= 0.6 is 23.5 Å². The van der Waals surface area contributed by atoms with Crippen molar-refractivity contribution in [2.75, 3.05) is 17.3 Å². The molecule has 15 heavy (non-hydrogen) atoms. The minimum Gasteiger partial charge on any atom is -0.480 e. The van der Waals surface area contributed by atoms with Crippen molar-refractivity contribution in [3.8, 4) is 0 Å². The zero-order valence-electron chi connectivity index (χ0n) is 8.56. The fraction of sp³-hybridized carbons (Fsp3) is 0.778. The minimum atomic E-state index is -0.992. The number of hydrogen-bond donors (Lipinski definition) is 2. The van der Waals surface area contributed by atoms with E-state index in [1.54, 1.807) is 11.8 Å². The van der Waals surface area contributed by atoms with Gasteiger partial charge in [-0.3, -0.25) is 9.59 Å². The Morgan fingerprint density at radius 3 is 2.80 bits per heavy atom. The first-order valence-corrected chi connectivity index (χ1v) is 7.01. The molecule has 1 heterocycles. The number of amides is 1. The van der Waals surface area contributed by atoms with E-state index in [4.69, 9.17) is 5.11 Å². The molecule has 2 N–H and O–H groups in total. The van der Waals surface area contributed by atoms with E-state index in [-0.39, 0.29) is 5.91 Å². The van der Waals surface area contributed by atoms with E-state index in [1.165, 1.54) is 6.92 Å². The molecule has 2 atom stereocenters. The van der Waals surface area contributed by atoms with E-state index in [0.29, 0.717) is 11.7 Å². The van der Waals surface area contributed by atoms with Gasteiger partial charge in [-0.25, -0.2) is 0 Å². The van der Waals surface area contributed by atoms with Crippen LogP contribution in [-0.2, 0) is 9.59 Å². The normalized spacial score (nSPS) is 23.1. The van der Waals surface area contributed by atoms with Crippen molar-refractivity contribution in [3.63, 3.8) is 0 Å². The van der Waals surface area contributed by atoms with Gasteiger partial charge in [0.25, 0.3) is 0 Å². The predicted octanol–water partition coefficient (Wildman–Crippen LogP) is 0.814. The van der Waals surface area contributed by atoms with Gasteiger partial charge < -0.3 is 10.4 Å². The maximum absolute atomic E-state index is 11.4. The molecule has 1 rings (SSSR count). The summed E-state index contributed by atoms with van der Waals surface area (Å²) in [5, 5.41) is 11.4. The van der Waals surface area contributed by atoms with E-state index >= 15 is 0 Å². The van der Waals surface area contributed by atoms with Gasteiger partial charge in [-0.05, 0) is 6.92 Å². The number of hydrogen-bond acceptors (Lipinski definition) is 4. The number of thioether (sulfide) groups is 2. The molecule has 1 aliphatic rings. The molecule has 0 bridgehead atoms. The third-order valence-corrected chi connectivity index (χ3v) is 4.89. The fourth-order valence-corrected chi connectivity index (χ4v) is 3.90. The number of carbonyl (C=O) groups excluding carboxylic acids is 1. The van der Waals surface area contributed by atoms with E-state index in [1.807, 2.05) is 11.8 Å². The van der Waals surface area contributed by atoms with Gasteiger partial charge in [-0.2, -0.15) is 23.5 Å². The van der Waals surface area contributed by atoms with Crippen LogP contribution in [0.3, 0.4) is 0 Å². The van der Waals surface area contributed by atoms with Crippen LogP contribution < -0.4 is 5.32 Å². The average molecular weight is 249 g/mol. The number of carboxylic acids is 1. The lowest BCUT2D eigenvalue weighted by Crippen LogP contribution is -2.39. The fourth-order valence-electron chi connectivity index (χ4n) is 1.22. The Kier molecular flexibility index (Phi) is 5.31. The van der Waals surface area contributed by atoms with Crippen LogP contribution in [0.1, 0.15) is 13.3 Å². The lowest BCUT2D eigenvalue weighted by atomic mass is 10.2. The van der Waals surface area contributed by atoms with Crippen molar-refractivity contribution < 1.29 is 14.7 Å². The second-order valence-corrected chi connectivity index (χ2v) is 5.96. The third kappa shape index (κ3) is 4.79. The Labute approximate surface area is 97.6 Å². The van der Waals surface area contributed by atoms with Crippen molar-refractivity contribution in [1.29, 1.82) is 0 Å².